The summed E-state index contributed by atoms with van der Waals surface area (Å²) in [6.07, 6.45) is -0.551. The largest absolute Gasteiger partial charge is 0.508 e. The lowest BCUT2D eigenvalue weighted by Gasteiger charge is -2.28. The molecule has 0 saturated heterocycles. The third-order valence-corrected chi connectivity index (χ3v) is 3.36. The van der Waals surface area contributed by atoms with Gasteiger partial charge in [-0.3, -0.25) is 15.0 Å². The van der Waals surface area contributed by atoms with Gasteiger partial charge in [-0.1, -0.05) is 12.1 Å². The van der Waals surface area contributed by atoms with E-state index in [2.05, 4.69) is 0 Å². The minimum absolute atomic E-state index is 0.0202. The second kappa shape index (κ2) is 5.36. The van der Waals surface area contributed by atoms with E-state index in [0.29, 0.717) is 17.9 Å². The highest BCUT2D eigenvalue weighted by Gasteiger charge is 2.25. The molecule has 0 spiro atoms. The first-order chi connectivity index (χ1) is 10.5. The Balaban J connectivity index is 1.81. The normalized spacial score (nSPS) is 13.5. The van der Waals surface area contributed by atoms with Gasteiger partial charge in [-0.25, -0.2) is 4.79 Å². The van der Waals surface area contributed by atoms with E-state index in [9.17, 15) is 20.0 Å². The van der Waals surface area contributed by atoms with E-state index in [1.165, 1.54) is 29.2 Å². The standard InChI is InChI=1S/C15H12N2O5/c18-13-5-4-11-9-16(15(19)22-14(11)7-13)8-10-2-1-3-12(6-10)17(20)21/h1-7,18H,8-9H2. The van der Waals surface area contributed by atoms with Crippen LogP contribution in [-0.4, -0.2) is 21.0 Å². The van der Waals surface area contributed by atoms with Crippen LogP contribution in [0.4, 0.5) is 10.5 Å². The summed E-state index contributed by atoms with van der Waals surface area (Å²) in [6, 6.07) is 10.7. The average molecular weight is 300 g/mol. The molecule has 1 amide bonds. The number of carbonyl (C=O) groups is 1. The summed E-state index contributed by atoms with van der Waals surface area (Å²) in [5, 5.41) is 20.2. The first-order valence-corrected chi connectivity index (χ1v) is 6.55. The molecule has 0 unspecified atom stereocenters. The van der Waals surface area contributed by atoms with Gasteiger partial charge in [-0.2, -0.15) is 0 Å². The number of phenols is 1. The number of rotatable bonds is 3. The number of hydrogen-bond acceptors (Lipinski definition) is 5. The fourth-order valence-electron chi connectivity index (χ4n) is 2.31. The van der Waals surface area contributed by atoms with E-state index >= 15 is 0 Å². The molecule has 0 saturated carbocycles. The molecule has 1 aliphatic rings. The molecular weight excluding hydrogens is 288 g/mol. The molecule has 2 aromatic rings. The molecule has 22 heavy (non-hydrogen) atoms. The zero-order chi connectivity index (χ0) is 15.7. The van der Waals surface area contributed by atoms with Gasteiger partial charge in [-0.15, -0.1) is 0 Å². The number of nitro benzene ring substituents is 1. The predicted molar refractivity (Wildman–Crippen MR) is 76.5 cm³/mol. The number of carbonyl (C=O) groups excluding carboxylic acids is 1. The highest BCUT2D eigenvalue weighted by atomic mass is 16.6. The van der Waals surface area contributed by atoms with Crippen molar-refractivity contribution in [1.29, 1.82) is 0 Å². The number of amides is 1. The van der Waals surface area contributed by atoms with E-state index in [1.807, 2.05) is 0 Å². The van der Waals surface area contributed by atoms with Gasteiger partial charge in [0.1, 0.15) is 11.5 Å². The van der Waals surface area contributed by atoms with Crippen molar-refractivity contribution in [2.24, 2.45) is 0 Å². The van der Waals surface area contributed by atoms with Gasteiger partial charge < -0.3 is 9.84 Å². The molecule has 1 heterocycles. The summed E-state index contributed by atoms with van der Waals surface area (Å²) < 4.78 is 5.17. The van der Waals surface area contributed by atoms with Gasteiger partial charge in [-0.05, 0) is 17.7 Å². The maximum atomic E-state index is 12.0. The van der Waals surface area contributed by atoms with Crippen molar-refractivity contribution in [3.63, 3.8) is 0 Å². The molecule has 0 aliphatic carbocycles. The summed E-state index contributed by atoms with van der Waals surface area (Å²) in [7, 11) is 0. The van der Waals surface area contributed by atoms with Crippen LogP contribution in [0.3, 0.4) is 0 Å². The van der Waals surface area contributed by atoms with Crippen molar-refractivity contribution in [3.05, 3.63) is 63.7 Å². The van der Waals surface area contributed by atoms with Crippen LogP contribution in [0.2, 0.25) is 0 Å². The maximum Gasteiger partial charge on any atom is 0.415 e. The monoisotopic (exact) mass is 300 g/mol. The van der Waals surface area contributed by atoms with E-state index in [4.69, 9.17) is 4.74 Å². The minimum atomic E-state index is -0.551. The number of nitro groups is 1. The van der Waals surface area contributed by atoms with Crippen LogP contribution in [-0.2, 0) is 13.1 Å². The van der Waals surface area contributed by atoms with Crippen molar-refractivity contribution in [3.8, 4) is 11.5 Å². The van der Waals surface area contributed by atoms with Crippen LogP contribution in [0, 0.1) is 10.1 Å². The van der Waals surface area contributed by atoms with Crippen molar-refractivity contribution < 1.29 is 19.6 Å². The van der Waals surface area contributed by atoms with Crippen LogP contribution in [0.5, 0.6) is 11.5 Å². The quantitative estimate of drug-likeness (QED) is 0.695. The third kappa shape index (κ3) is 2.69. The molecule has 1 N–H and O–H groups in total. The molecule has 1 aliphatic heterocycles. The molecule has 3 rings (SSSR count). The number of non-ortho nitro benzene ring substituents is 1. The number of aromatic hydroxyl groups is 1. The molecule has 7 nitrogen and oxygen atoms in total. The van der Waals surface area contributed by atoms with Crippen LogP contribution in [0.15, 0.2) is 42.5 Å². The molecule has 0 atom stereocenters. The third-order valence-electron chi connectivity index (χ3n) is 3.36. The fourth-order valence-corrected chi connectivity index (χ4v) is 2.31. The number of hydrogen-bond donors (Lipinski definition) is 1. The van der Waals surface area contributed by atoms with Crippen LogP contribution < -0.4 is 4.74 Å². The highest BCUT2D eigenvalue weighted by Crippen LogP contribution is 2.30. The summed E-state index contributed by atoms with van der Waals surface area (Å²) >= 11 is 0. The topological polar surface area (TPSA) is 92.9 Å². The van der Waals surface area contributed by atoms with E-state index in [1.54, 1.807) is 18.2 Å². The first-order valence-electron chi connectivity index (χ1n) is 6.55. The van der Waals surface area contributed by atoms with Gasteiger partial charge in [0, 0.05) is 30.3 Å². The van der Waals surface area contributed by atoms with Gasteiger partial charge in [0.2, 0.25) is 0 Å². The van der Waals surface area contributed by atoms with Crippen molar-refractivity contribution >= 4 is 11.8 Å². The molecule has 112 valence electrons. The SMILES string of the molecule is O=C1Oc2cc(O)ccc2CN1Cc1cccc([N+](=O)[O-])c1. The number of ether oxygens (including phenoxy) is 1. The molecule has 7 heteroatoms. The van der Waals surface area contributed by atoms with Gasteiger partial charge in [0.15, 0.2) is 0 Å². The lowest BCUT2D eigenvalue weighted by molar-refractivity contribution is -0.384. The zero-order valence-electron chi connectivity index (χ0n) is 11.4. The van der Waals surface area contributed by atoms with E-state index in [-0.39, 0.29) is 18.0 Å². The minimum Gasteiger partial charge on any atom is -0.508 e. The average Bonchev–Trinajstić information content (AvgIpc) is 2.48. The molecule has 0 aromatic heterocycles. The Kier molecular flexibility index (Phi) is 3.38. The van der Waals surface area contributed by atoms with Crippen LogP contribution in [0.1, 0.15) is 11.1 Å². The summed E-state index contributed by atoms with van der Waals surface area (Å²) in [6.45, 7) is 0.526. The Morgan fingerprint density at radius 2 is 2.09 bits per heavy atom. The summed E-state index contributed by atoms with van der Waals surface area (Å²) in [5.41, 5.74) is 1.39. The van der Waals surface area contributed by atoms with Crippen molar-refractivity contribution in [2.45, 2.75) is 13.1 Å². The highest BCUT2D eigenvalue weighted by molar-refractivity contribution is 5.73. The molecule has 0 bridgehead atoms. The molecular formula is C15H12N2O5. The van der Waals surface area contributed by atoms with Crippen LogP contribution in [0.25, 0.3) is 0 Å². The summed E-state index contributed by atoms with van der Waals surface area (Å²) in [4.78, 5) is 23.7. The Morgan fingerprint density at radius 1 is 1.27 bits per heavy atom. The predicted octanol–water partition coefficient (Wildman–Crippen LogP) is 2.82. The lowest BCUT2D eigenvalue weighted by Crippen LogP contribution is -2.36. The van der Waals surface area contributed by atoms with Crippen LogP contribution >= 0.6 is 0 Å². The molecule has 0 radical (unpaired) electrons. The van der Waals surface area contributed by atoms with Gasteiger partial charge in [0.25, 0.3) is 5.69 Å². The van der Waals surface area contributed by atoms with E-state index in [0.717, 1.165) is 5.56 Å². The Hall–Kier alpha value is -3.09. The van der Waals surface area contributed by atoms with Crippen molar-refractivity contribution in [1.82, 2.24) is 4.90 Å². The smallest absolute Gasteiger partial charge is 0.415 e. The summed E-state index contributed by atoms with van der Waals surface area (Å²) in [5.74, 6) is 0.360. The lowest BCUT2D eigenvalue weighted by atomic mass is 10.1. The molecule has 2 aromatic carbocycles. The number of phenolic OH excluding ortho intramolecular Hbond substituents is 1. The van der Waals surface area contributed by atoms with Gasteiger partial charge >= 0.3 is 6.09 Å². The Bertz CT molecular complexity index is 759. The Labute approximate surface area is 125 Å². The molecule has 0 fully saturated rings. The zero-order valence-corrected chi connectivity index (χ0v) is 11.4. The van der Waals surface area contributed by atoms with E-state index < -0.39 is 11.0 Å². The van der Waals surface area contributed by atoms with Gasteiger partial charge in [0.05, 0.1) is 11.5 Å². The fraction of sp³-hybridized carbons (Fsp3) is 0.133. The number of benzene rings is 2. The maximum absolute atomic E-state index is 12.0. The Morgan fingerprint density at radius 3 is 2.86 bits per heavy atom. The second-order valence-electron chi connectivity index (χ2n) is 4.94. The first kappa shape index (κ1) is 13.9. The second-order valence-corrected chi connectivity index (χ2v) is 4.94. The number of fused-ring (bicyclic) bond motifs is 1. The number of nitrogens with zero attached hydrogens (tertiary/aromatic N) is 2. The van der Waals surface area contributed by atoms with Crippen molar-refractivity contribution in [2.75, 3.05) is 0 Å².